The van der Waals surface area contributed by atoms with Crippen LogP contribution < -0.4 is 0 Å². The van der Waals surface area contributed by atoms with Crippen LogP contribution in [0.4, 0.5) is 0 Å². The summed E-state index contributed by atoms with van der Waals surface area (Å²) >= 11 is 0. The minimum Gasteiger partial charge on any atom is -0.361 e. The molecule has 2 rings (SSSR count). The SMILES string of the molecule is N#Cc1ccc(S(=O)(=O)N2CCOC(C#N)C2)cn1. The number of pyridine rings is 1. The van der Waals surface area contributed by atoms with E-state index in [9.17, 15) is 8.42 Å². The van der Waals surface area contributed by atoms with Crippen molar-refractivity contribution in [3.05, 3.63) is 24.0 Å². The molecule has 0 aliphatic carbocycles. The minimum absolute atomic E-state index is 0.00116. The first kappa shape index (κ1) is 13.4. The van der Waals surface area contributed by atoms with Crippen LogP contribution >= 0.6 is 0 Å². The van der Waals surface area contributed by atoms with Crippen molar-refractivity contribution in [2.24, 2.45) is 0 Å². The van der Waals surface area contributed by atoms with E-state index in [1.807, 2.05) is 12.1 Å². The Bertz CT molecular complexity index is 642. The monoisotopic (exact) mass is 278 g/mol. The number of morpholine rings is 1. The van der Waals surface area contributed by atoms with E-state index in [2.05, 4.69) is 4.98 Å². The van der Waals surface area contributed by atoms with E-state index in [4.69, 9.17) is 15.3 Å². The van der Waals surface area contributed by atoms with Crippen molar-refractivity contribution >= 4 is 10.0 Å². The van der Waals surface area contributed by atoms with Gasteiger partial charge in [0.2, 0.25) is 10.0 Å². The van der Waals surface area contributed by atoms with E-state index in [0.717, 1.165) is 6.20 Å². The number of hydrogen-bond donors (Lipinski definition) is 0. The van der Waals surface area contributed by atoms with Gasteiger partial charge >= 0.3 is 0 Å². The number of nitriles is 2. The van der Waals surface area contributed by atoms with Gasteiger partial charge in [-0.15, -0.1) is 0 Å². The second-order valence-corrected chi connectivity index (χ2v) is 5.78. The third-order valence-electron chi connectivity index (χ3n) is 2.66. The summed E-state index contributed by atoms with van der Waals surface area (Å²) in [5, 5.41) is 17.4. The van der Waals surface area contributed by atoms with Crippen LogP contribution in [0.25, 0.3) is 0 Å². The Hall–Kier alpha value is -2.00. The van der Waals surface area contributed by atoms with Gasteiger partial charge in [0.25, 0.3) is 0 Å². The molecule has 2 heterocycles. The van der Waals surface area contributed by atoms with E-state index in [1.54, 1.807) is 0 Å². The molecule has 1 aliphatic heterocycles. The molecule has 1 aromatic heterocycles. The van der Waals surface area contributed by atoms with E-state index in [1.165, 1.54) is 16.4 Å². The van der Waals surface area contributed by atoms with Crippen LogP contribution in [-0.2, 0) is 14.8 Å². The fourth-order valence-corrected chi connectivity index (χ4v) is 3.04. The zero-order valence-electron chi connectivity index (χ0n) is 9.85. The fourth-order valence-electron chi connectivity index (χ4n) is 1.67. The second kappa shape index (κ2) is 5.33. The molecule has 0 aromatic carbocycles. The van der Waals surface area contributed by atoms with E-state index < -0.39 is 16.1 Å². The quantitative estimate of drug-likeness (QED) is 0.745. The minimum atomic E-state index is -3.70. The van der Waals surface area contributed by atoms with E-state index in [-0.39, 0.29) is 30.3 Å². The fraction of sp³-hybridized carbons (Fsp3) is 0.364. The molecule has 1 atom stereocenters. The Morgan fingerprint density at radius 2 is 2.21 bits per heavy atom. The number of rotatable bonds is 2. The summed E-state index contributed by atoms with van der Waals surface area (Å²) in [6, 6.07) is 6.38. The molecule has 0 amide bonds. The average molecular weight is 278 g/mol. The lowest BCUT2D eigenvalue weighted by Crippen LogP contribution is -2.45. The largest absolute Gasteiger partial charge is 0.361 e. The van der Waals surface area contributed by atoms with Crippen LogP contribution in [0.1, 0.15) is 5.69 Å². The van der Waals surface area contributed by atoms with E-state index >= 15 is 0 Å². The lowest BCUT2D eigenvalue weighted by atomic mass is 10.3. The van der Waals surface area contributed by atoms with Crippen LogP contribution in [-0.4, -0.2) is 43.5 Å². The summed E-state index contributed by atoms with van der Waals surface area (Å²) in [4.78, 5) is 3.74. The predicted octanol–water partition coefficient (Wildman–Crippen LogP) is -0.134. The van der Waals surface area contributed by atoms with Gasteiger partial charge in [0.1, 0.15) is 16.7 Å². The van der Waals surface area contributed by atoms with Crippen molar-refractivity contribution in [1.82, 2.24) is 9.29 Å². The topological polar surface area (TPSA) is 107 Å². The molecule has 1 fully saturated rings. The highest BCUT2D eigenvalue weighted by Crippen LogP contribution is 2.18. The zero-order chi connectivity index (χ0) is 13.9. The third kappa shape index (κ3) is 2.71. The van der Waals surface area contributed by atoms with Gasteiger partial charge in [0, 0.05) is 12.7 Å². The van der Waals surface area contributed by atoms with Crippen LogP contribution in [0.5, 0.6) is 0 Å². The summed E-state index contributed by atoms with van der Waals surface area (Å²) in [5.74, 6) is 0. The van der Waals surface area contributed by atoms with Crippen molar-refractivity contribution in [3.8, 4) is 12.1 Å². The molecule has 1 saturated heterocycles. The molecule has 0 bridgehead atoms. The number of ether oxygens (including phenoxy) is 1. The Kier molecular flexibility index (Phi) is 3.76. The Labute approximate surface area is 110 Å². The van der Waals surface area contributed by atoms with Gasteiger partial charge in [0.05, 0.1) is 19.2 Å². The highest BCUT2D eigenvalue weighted by molar-refractivity contribution is 7.89. The Balaban J connectivity index is 2.26. The van der Waals surface area contributed by atoms with Crippen molar-refractivity contribution in [1.29, 1.82) is 10.5 Å². The van der Waals surface area contributed by atoms with Gasteiger partial charge < -0.3 is 4.74 Å². The summed E-state index contributed by atoms with van der Waals surface area (Å²) in [5.41, 5.74) is 0.149. The molecular weight excluding hydrogens is 268 g/mol. The third-order valence-corrected chi connectivity index (χ3v) is 4.51. The molecule has 0 radical (unpaired) electrons. The maximum atomic E-state index is 12.3. The lowest BCUT2D eigenvalue weighted by molar-refractivity contribution is 0.0311. The van der Waals surface area contributed by atoms with E-state index in [0.29, 0.717) is 0 Å². The van der Waals surface area contributed by atoms with Gasteiger partial charge in [-0.25, -0.2) is 13.4 Å². The summed E-state index contributed by atoms with van der Waals surface area (Å²) < 4.78 is 30.9. The van der Waals surface area contributed by atoms with Crippen molar-refractivity contribution in [3.63, 3.8) is 0 Å². The van der Waals surface area contributed by atoms with Gasteiger partial charge in [-0.3, -0.25) is 0 Å². The van der Waals surface area contributed by atoms with Crippen LogP contribution in [0.15, 0.2) is 23.2 Å². The van der Waals surface area contributed by atoms with Crippen LogP contribution in [0.3, 0.4) is 0 Å². The normalized spacial score (nSPS) is 20.4. The van der Waals surface area contributed by atoms with Crippen LogP contribution in [0, 0.1) is 22.7 Å². The maximum Gasteiger partial charge on any atom is 0.244 e. The van der Waals surface area contributed by atoms with Gasteiger partial charge in [-0.05, 0) is 12.1 Å². The number of nitrogens with zero attached hydrogens (tertiary/aromatic N) is 4. The number of aromatic nitrogens is 1. The molecule has 0 spiro atoms. The number of sulfonamides is 1. The summed E-state index contributed by atoms with van der Waals surface area (Å²) in [6.45, 7) is 0.376. The Morgan fingerprint density at radius 1 is 1.42 bits per heavy atom. The van der Waals surface area contributed by atoms with Crippen molar-refractivity contribution < 1.29 is 13.2 Å². The highest BCUT2D eigenvalue weighted by atomic mass is 32.2. The van der Waals surface area contributed by atoms with Gasteiger partial charge in [-0.2, -0.15) is 14.8 Å². The standard InChI is InChI=1S/C11H10N4O3S/c12-5-9-1-2-11(7-14-9)19(16,17)15-3-4-18-10(6-13)8-15/h1-2,7,10H,3-4,8H2. The molecular formula is C11H10N4O3S. The Morgan fingerprint density at radius 3 is 2.79 bits per heavy atom. The van der Waals surface area contributed by atoms with Gasteiger partial charge in [0.15, 0.2) is 6.10 Å². The predicted molar refractivity (Wildman–Crippen MR) is 63.1 cm³/mol. The van der Waals surface area contributed by atoms with Crippen molar-refractivity contribution in [2.45, 2.75) is 11.0 Å². The molecule has 0 saturated carbocycles. The van der Waals surface area contributed by atoms with Gasteiger partial charge in [-0.1, -0.05) is 0 Å². The first-order chi connectivity index (χ1) is 9.07. The smallest absolute Gasteiger partial charge is 0.244 e. The molecule has 0 N–H and O–H groups in total. The summed E-state index contributed by atoms with van der Waals surface area (Å²) in [6.07, 6.45) is 0.389. The molecule has 7 nitrogen and oxygen atoms in total. The molecule has 8 heteroatoms. The summed E-state index contributed by atoms with van der Waals surface area (Å²) in [7, 11) is -3.70. The molecule has 1 unspecified atom stereocenters. The lowest BCUT2D eigenvalue weighted by Gasteiger charge is -2.28. The van der Waals surface area contributed by atoms with Crippen LogP contribution in [0.2, 0.25) is 0 Å². The molecule has 19 heavy (non-hydrogen) atoms. The molecule has 1 aliphatic rings. The highest BCUT2D eigenvalue weighted by Gasteiger charge is 2.30. The second-order valence-electron chi connectivity index (χ2n) is 3.84. The molecule has 1 aromatic rings. The zero-order valence-corrected chi connectivity index (χ0v) is 10.7. The molecule has 98 valence electrons. The first-order valence-corrected chi connectivity index (χ1v) is 6.89. The average Bonchev–Trinajstić information content (AvgIpc) is 2.47. The van der Waals surface area contributed by atoms with Crippen molar-refractivity contribution in [2.75, 3.05) is 19.7 Å². The first-order valence-electron chi connectivity index (χ1n) is 5.45. The number of hydrogen-bond acceptors (Lipinski definition) is 6. The maximum absolute atomic E-state index is 12.3.